The van der Waals surface area contributed by atoms with Gasteiger partial charge in [-0.05, 0) is 102 Å². The predicted octanol–water partition coefficient (Wildman–Crippen LogP) is 8.94. The van der Waals surface area contributed by atoms with Crippen molar-refractivity contribution < 1.29 is 19.1 Å². The molecule has 0 aliphatic heterocycles. The van der Waals surface area contributed by atoms with E-state index >= 15 is 0 Å². The van der Waals surface area contributed by atoms with Gasteiger partial charge in [0.05, 0.1) is 17.6 Å². The standard InChI is InChI=1S/C20H24N2O.C13H27NO2.C2H4O/c1-16-21-19-13-12-17(15-20(19)22-16)9-5-2-3-8-14-23-18-10-6-4-7-11-18;1-7-9-14(10-8-11(2)3)12(15)16-13(4,5)6;1-2-3/h4,6-7,10-13,15H,2-3,5,8-9,14H2,1H3,(H,21,22);11H,7-10H2,1-6H3;2H,1H3. The van der Waals surface area contributed by atoms with Gasteiger partial charge in [-0.25, -0.2) is 9.78 Å². The van der Waals surface area contributed by atoms with Crippen molar-refractivity contribution in [1.29, 1.82) is 0 Å². The molecule has 0 atom stereocenters. The lowest BCUT2D eigenvalue weighted by atomic mass is 10.1. The van der Waals surface area contributed by atoms with Crippen LogP contribution < -0.4 is 4.74 Å². The minimum atomic E-state index is -0.402. The summed E-state index contributed by atoms with van der Waals surface area (Å²) in [5.74, 6) is 2.56. The van der Waals surface area contributed by atoms with Gasteiger partial charge in [-0.3, -0.25) is 0 Å². The molecular weight excluding hydrogens is 526 g/mol. The van der Waals surface area contributed by atoms with Crippen molar-refractivity contribution >= 4 is 23.4 Å². The van der Waals surface area contributed by atoms with Gasteiger partial charge < -0.3 is 24.2 Å². The van der Waals surface area contributed by atoms with Crippen LogP contribution >= 0.6 is 0 Å². The van der Waals surface area contributed by atoms with Crippen LogP contribution in [0.3, 0.4) is 0 Å². The molecule has 2 aromatic carbocycles. The Bertz CT molecular complexity index is 1140. The first kappa shape index (κ1) is 36.7. The smallest absolute Gasteiger partial charge is 0.410 e. The number of para-hydroxylation sites is 1. The number of aromatic amines is 1. The number of H-pyrrole nitrogens is 1. The van der Waals surface area contributed by atoms with Crippen LogP contribution in [0.15, 0.2) is 48.5 Å². The van der Waals surface area contributed by atoms with Crippen LogP contribution in [0.5, 0.6) is 5.75 Å². The molecule has 0 unspecified atom stereocenters. The monoisotopic (exact) mass is 581 g/mol. The molecule has 0 bridgehead atoms. The quantitative estimate of drug-likeness (QED) is 0.161. The number of hydrogen-bond acceptors (Lipinski definition) is 5. The number of benzene rings is 2. The highest BCUT2D eigenvalue weighted by molar-refractivity contribution is 5.75. The number of rotatable bonds is 13. The summed E-state index contributed by atoms with van der Waals surface area (Å²) in [4.78, 5) is 30.2. The maximum atomic E-state index is 11.9. The number of aldehydes is 1. The number of hydrogen-bond donors (Lipinski definition) is 1. The molecule has 0 spiro atoms. The Labute approximate surface area is 254 Å². The molecule has 0 radical (unpaired) electrons. The minimum Gasteiger partial charge on any atom is -0.494 e. The second-order valence-corrected chi connectivity index (χ2v) is 11.9. The van der Waals surface area contributed by atoms with Crippen LogP contribution in [0, 0.1) is 12.8 Å². The normalized spacial score (nSPS) is 10.8. The molecule has 1 N–H and O–H groups in total. The van der Waals surface area contributed by atoms with Gasteiger partial charge in [-0.1, -0.05) is 57.9 Å². The molecule has 1 aromatic heterocycles. The summed E-state index contributed by atoms with van der Waals surface area (Å²) in [5.41, 5.74) is 3.20. The number of amides is 1. The zero-order valence-corrected chi connectivity index (χ0v) is 27.4. The Hall–Kier alpha value is -3.35. The number of carbonyl (C=O) groups is 2. The molecule has 0 aliphatic rings. The topological polar surface area (TPSA) is 84.5 Å². The lowest BCUT2D eigenvalue weighted by molar-refractivity contribution is -0.106. The minimum absolute atomic E-state index is 0.185. The zero-order valence-electron chi connectivity index (χ0n) is 27.4. The number of nitrogens with zero attached hydrogens (tertiary/aromatic N) is 2. The summed E-state index contributed by atoms with van der Waals surface area (Å²) in [6.07, 6.45) is 8.51. The summed E-state index contributed by atoms with van der Waals surface area (Å²) in [6.45, 7) is 17.9. The summed E-state index contributed by atoms with van der Waals surface area (Å²) in [7, 11) is 0. The van der Waals surface area contributed by atoms with Crippen LogP contribution in [0.4, 0.5) is 4.79 Å². The third-order valence-electron chi connectivity index (χ3n) is 6.16. The van der Waals surface area contributed by atoms with Crippen molar-refractivity contribution in [1.82, 2.24) is 14.9 Å². The maximum absolute atomic E-state index is 11.9. The summed E-state index contributed by atoms with van der Waals surface area (Å²) < 4.78 is 11.1. The fourth-order valence-corrected chi connectivity index (χ4v) is 4.14. The van der Waals surface area contributed by atoms with Crippen molar-refractivity contribution in [3.63, 3.8) is 0 Å². The van der Waals surface area contributed by atoms with Crippen LogP contribution in [0.1, 0.15) is 98.4 Å². The van der Waals surface area contributed by atoms with E-state index in [1.807, 2.05) is 62.9 Å². The van der Waals surface area contributed by atoms with Crippen molar-refractivity contribution in [2.45, 2.75) is 106 Å². The highest BCUT2D eigenvalue weighted by Gasteiger charge is 2.21. The number of unbranched alkanes of at least 4 members (excludes halogenated alkanes) is 3. The largest absolute Gasteiger partial charge is 0.494 e. The van der Waals surface area contributed by atoms with E-state index in [4.69, 9.17) is 14.3 Å². The van der Waals surface area contributed by atoms with Gasteiger partial charge in [0.1, 0.15) is 23.5 Å². The molecule has 0 saturated heterocycles. The molecule has 1 amide bonds. The van der Waals surface area contributed by atoms with E-state index in [0.29, 0.717) is 5.92 Å². The summed E-state index contributed by atoms with van der Waals surface area (Å²) >= 11 is 0. The van der Waals surface area contributed by atoms with E-state index in [2.05, 4.69) is 48.9 Å². The van der Waals surface area contributed by atoms with Gasteiger partial charge in [0, 0.05) is 13.1 Å². The molecule has 3 aromatic rings. The van der Waals surface area contributed by atoms with Crippen LogP contribution in [0.2, 0.25) is 0 Å². The van der Waals surface area contributed by atoms with E-state index in [1.165, 1.54) is 31.7 Å². The number of aromatic nitrogens is 2. The van der Waals surface area contributed by atoms with Gasteiger partial charge in [-0.15, -0.1) is 0 Å². The van der Waals surface area contributed by atoms with E-state index in [1.54, 1.807) is 0 Å². The number of ether oxygens (including phenoxy) is 2. The Morgan fingerprint density at radius 2 is 1.69 bits per heavy atom. The SMILES string of the molecule is CC=O.CCCN(CCC(C)C)C(=O)OC(C)(C)C.Cc1nc2ccc(CCCCCCOc3ccccc3)cc2[nH]1. The first-order valence-corrected chi connectivity index (χ1v) is 15.5. The van der Waals surface area contributed by atoms with E-state index in [-0.39, 0.29) is 6.09 Å². The molecule has 1 heterocycles. The van der Waals surface area contributed by atoms with E-state index in [0.717, 1.165) is 74.3 Å². The second-order valence-electron chi connectivity index (χ2n) is 11.9. The fourth-order valence-electron chi connectivity index (χ4n) is 4.14. The van der Waals surface area contributed by atoms with Gasteiger partial charge >= 0.3 is 6.09 Å². The molecular formula is C35H55N3O4. The first-order chi connectivity index (χ1) is 20.0. The van der Waals surface area contributed by atoms with Gasteiger partial charge in [0.15, 0.2) is 0 Å². The number of fused-ring (bicyclic) bond motifs is 1. The lowest BCUT2D eigenvalue weighted by Gasteiger charge is -2.27. The number of imidazole rings is 1. The van der Waals surface area contributed by atoms with E-state index < -0.39 is 5.60 Å². The Kier molecular flexibility index (Phi) is 17.9. The fraction of sp³-hybridized carbons (Fsp3) is 0.571. The number of nitrogens with one attached hydrogen (secondary N) is 1. The Morgan fingerprint density at radius 1 is 1.02 bits per heavy atom. The molecule has 7 nitrogen and oxygen atoms in total. The first-order valence-electron chi connectivity index (χ1n) is 15.5. The zero-order chi connectivity index (χ0) is 31.4. The molecule has 0 aliphatic carbocycles. The Morgan fingerprint density at radius 3 is 2.31 bits per heavy atom. The van der Waals surface area contributed by atoms with Gasteiger partial charge in [0.2, 0.25) is 0 Å². The maximum Gasteiger partial charge on any atom is 0.410 e. The average molecular weight is 582 g/mol. The molecule has 7 heteroatoms. The van der Waals surface area contributed by atoms with Crippen molar-refractivity contribution in [2.75, 3.05) is 19.7 Å². The van der Waals surface area contributed by atoms with Crippen molar-refractivity contribution in [2.24, 2.45) is 5.92 Å². The molecule has 0 fully saturated rings. The highest BCUT2D eigenvalue weighted by Crippen LogP contribution is 2.16. The van der Waals surface area contributed by atoms with Crippen LogP contribution in [-0.4, -0.2) is 52.5 Å². The average Bonchev–Trinajstić information content (AvgIpc) is 3.30. The lowest BCUT2D eigenvalue weighted by Crippen LogP contribution is -2.38. The summed E-state index contributed by atoms with van der Waals surface area (Å²) in [6, 6.07) is 16.6. The van der Waals surface area contributed by atoms with Crippen LogP contribution in [0.25, 0.3) is 11.0 Å². The molecule has 234 valence electrons. The molecule has 42 heavy (non-hydrogen) atoms. The number of aryl methyl sites for hydroxylation is 2. The summed E-state index contributed by atoms with van der Waals surface area (Å²) in [5, 5.41) is 0. The molecule has 3 rings (SSSR count). The Balaban J connectivity index is 0.000000408. The molecule has 0 saturated carbocycles. The van der Waals surface area contributed by atoms with Gasteiger partial charge in [-0.2, -0.15) is 0 Å². The highest BCUT2D eigenvalue weighted by atomic mass is 16.6. The predicted molar refractivity (Wildman–Crippen MR) is 174 cm³/mol. The van der Waals surface area contributed by atoms with Crippen molar-refractivity contribution in [3.05, 3.63) is 59.9 Å². The van der Waals surface area contributed by atoms with E-state index in [9.17, 15) is 4.79 Å². The van der Waals surface area contributed by atoms with Crippen LogP contribution in [-0.2, 0) is 16.0 Å². The van der Waals surface area contributed by atoms with Gasteiger partial charge in [0.25, 0.3) is 0 Å². The third kappa shape index (κ3) is 16.8. The van der Waals surface area contributed by atoms with Crippen molar-refractivity contribution in [3.8, 4) is 5.75 Å². The third-order valence-corrected chi connectivity index (χ3v) is 6.16. The number of carbonyl (C=O) groups excluding carboxylic acids is 2. The second kappa shape index (κ2) is 20.5.